The van der Waals surface area contributed by atoms with Gasteiger partial charge in [-0.25, -0.2) is 4.39 Å². The van der Waals surface area contributed by atoms with E-state index in [0.717, 1.165) is 8.66 Å². The molecule has 1 aromatic heterocycles. The lowest BCUT2D eigenvalue weighted by atomic mass is 10.1. The number of rotatable bonds is 4. The first-order chi connectivity index (χ1) is 8.56. The summed E-state index contributed by atoms with van der Waals surface area (Å²) in [4.78, 5) is 1.06. The maximum Gasteiger partial charge on any atom is 0.132 e. The Balaban J connectivity index is 2.04. The van der Waals surface area contributed by atoms with Gasteiger partial charge in [-0.1, -0.05) is 0 Å². The number of hydrogen-bond acceptors (Lipinski definition) is 3. The number of thiophene rings is 1. The van der Waals surface area contributed by atoms with Gasteiger partial charge in [0.15, 0.2) is 0 Å². The van der Waals surface area contributed by atoms with Gasteiger partial charge in [-0.05, 0) is 47.1 Å². The zero-order valence-corrected chi connectivity index (χ0v) is 12.1. The highest BCUT2D eigenvalue weighted by molar-refractivity contribution is 9.11. The van der Waals surface area contributed by atoms with Crippen molar-refractivity contribution in [3.05, 3.63) is 50.4 Å². The van der Waals surface area contributed by atoms with E-state index in [2.05, 4.69) is 15.9 Å². The van der Waals surface area contributed by atoms with Gasteiger partial charge in [0.1, 0.15) is 18.2 Å². The minimum Gasteiger partial charge on any atom is -0.488 e. The molecule has 1 aromatic carbocycles. The van der Waals surface area contributed by atoms with Crippen molar-refractivity contribution < 1.29 is 14.2 Å². The summed E-state index contributed by atoms with van der Waals surface area (Å²) >= 11 is 4.95. The van der Waals surface area contributed by atoms with Crippen LogP contribution in [-0.2, 0) is 6.61 Å². The Labute approximate surface area is 117 Å². The molecule has 1 heterocycles. The molecular formula is C13H12BrFO2S. The van der Waals surface area contributed by atoms with E-state index in [-0.39, 0.29) is 5.56 Å². The predicted octanol–water partition coefficient (Wildman–Crippen LogP) is 4.28. The fourth-order valence-corrected chi connectivity index (χ4v) is 2.92. The number of aliphatic hydroxyl groups excluding tert-OH is 1. The van der Waals surface area contributed by atoms with Gasteiger partial charge in [-0.3, -0.25) is 0 Å². The van der Waals surface area contributed by atoms with Crippen molar-refractivity contribution in [2.24, 2.45) is 0 Å². The lowest BCUT2D eigenvalue weighted by molar-refractivity contribution is 0.194. The molecule has 0 amide bonds. The van der Waals surface area contributed by atoms with Gasteiger partial charge in [0, 0.05) is 16.5 Å². The Morgan fingerprint density at radius 2 is 2.17 bits per heavy atom. The van der Waals surface area contributed by atoms with Crippen molar-refractivity contribution in [3.63, 3.8) is 0 Å². The van der Waals surface area contributed by atoms with Crippen LogP contribution in [0.1, 0.15) is 23.5 Å². The average molecular weight is 331 g/mol. The zero-order chi connectivity index (χ0) is 13.1. The van der Waals surface area contributed by atoms with E-state index < -0.39 is 11.9 Å². The third-order valence-electron chi connectivity index (χ3n) is 2.43. The molecule has 18 heavy (non-hydrogen) atoms. The van der Waals surface area contributed by atoms with Crippen molar-refractivity contribution in [2.45, 2.75) is 19.6 Å². The standard InChI is InChI=1S/C13H12BrFO2S/c1-8(16)11-4-2-9(6-12(11)15)17-7-10-3-5-13(14)18-10/h2-6,8,16H,7H2,1H3/t8-/m0/s1. The molecule has 96 valence electrons. The first-order valence-electron chi connectivity index (χ1n) is 5.41. The minimum atomic E-state index is -0.813. The number of hydrogen-bond donors (Lipinski definition) is 1. The Hall–Kier alpha value is -0.910. The summed E-state index contributed by atoms with van der Waals surface area (Å²) in [5.74, 6) is 0.0104. The van der Waals surface area contributed by atoms with Gasteiger partial charge in [0.25, 0.3) is 0 Å². The van der Waals surface area contributed by atoms with Gasteiger partial charge in [-0.15, -0.1) is 11.3 Å². The highest BCUT2D eigenvalue weighted by atomic mass is 79.9. The molecule has 0 fully saturated rings. The van der Waals surface area contributed by atoms with E-state index in [1.807, 2.05) is 12.1 Å². The maximum atomic E-state index is 13.6. The van der Waals surface area contributed by atoms with E-state index in [0.29, 0.717) is 12.4 Å². The lowest BCUT2D eigenvalue weighted by Crippen LogP contribution is -1.98. The molecule has 2 rings (SSSR count). The van der Waals surface area contributed by atoms with Crippen LogP contribution in [0.15, 0.2) is 34.1 Å². The first kappa shape index (κ1) is 13.5. The third kappa shape index (κ3) is 3.31. The molecule has 0 aliphatic heterocycles. The monoisotopic (exact) mass is 330 g/mol. The van der Waals surface area contributed by atoms with Crippen LogP contribution in [0, 0.1) is 5.82 Å². The van der Waals surface area contributed by atoms with Gasteiger partial charge in [-0.2, -0.15) is 0 Å². The molecule has 0 aliphatic carbocycles. The number of aliphatic hydroxyl groups is 1. The Morgan fingerprint density at radius 1 is 1.39 bits per heavy atom. The summed E-state index contributed by atoms with van der Waals surface area (Å²) < 4.78 is 20.1. The first-order valence-corrected chi connectivity index (χ1v) is 7.02. The van der Waals surface area contributed by atoms with Crippen molar-refractivity contribution in [2.75, 3.05) is 0 Å². The van der Waals surface area contributed by atoms with Gasteiger partial charge < -0.3 is 9.84 Å². The second-order valence-electron chi connectivity index (χ2n) is 3.85. The lowest BCUT2D eigenvalue weighted by Gasteiger charge is -2.09. The Bertz CT molecular complexity index is 540. The summed E-state index contributed by atoms with van der Waals surface area (Å²) in [7, 11) is 0. The van der Waals surface area contributed by atoms with Crippen LogP contribution < -0.4 is 4.74 Å². The second kappa shape index (κ2) is 5.82. The van der Waals surface area contributed by atoms with Gasteiger partial charge in [0.2, 0.25) is 0 Å². The summed E-state index contributed by atoms with van der Waals surface area (Å²) in [6, 6.07) is 8.40. The highest BCUT2D eigenvalue weighted by Gasteiger charge is 2.09. The van der Waals surface area contributed by atoms with Crippen LogP contribution in [0.2, 0.25) is 0 Å². The zero-order valence-electron chi connectivity index (χ0n) is 9.69. The molecule has 0 aliphatic rings. The number of ether oxygens (including phenoxy) is 1. The summed E-state index contributed by atoms with van der Waals surface area (Å²) in [6.07, 6.45) is -0.813. The van der Waals surface area contributed by atoms with Crippen molar-refractivity contribution >= 4 is 27.3 Å². The van der Waals surface area contributed by atoms with Crippen LogP contribution in [0.3, 0.4) is 0 Å². The molecule has 0 spiro atoms. The van der Waals surface area contributed by atoms with Crippen LogP contribution in [0.4, 0.5) is 4.39 Å². The van der Waals surface area contributed by atoms with E-state index in [9.17, 15) is 9.50 Å². The van der Waals surface area contributed by atoms with E-state index in [1.54, 1.807) is 23.5 Å². The molecule has 2 nitrogen and oxygen atoms in total. The smallest absolute Gasteiger partial charge is 0.132 e. The SMILES string of the molecule is C[C@H](O)c1ccc(OCc2ccc(Br)s2)cc1F. The average Bonchev–Trinajstić information content (AvgIpc) is 2.72. The van der Waals surface area contributed by atoms with Gasteiger partial charge >= 0.3 is 0 Å². The molecule has 0 saturated heterocycles. The third-order valence-corrected chi connectivity index (χ3v) is 4.03. The number of halogens is 2. The topological polar surface area (TPSA) is 29.5 Å². The largest absolute Gasteiger partial charge is 0.488 e. The van der Waals surface area contributed by atoms with Crippen LogP contribution in [-0.4, -0.2) is 5.11 Å². The quantitative estimate of drug-likeness (QED) is 0.906. The molecule has 0 bridgehead atoms. The van der Waals surface area contributed by atoms with Crippen LogP contribution in [0.5, 0.6) is 5.75 Å². The predicted molar refractivity (Wildman–Crippen MR) is 73.4 cm³/mol. The van der Waals surface area contributed by atoms with Crippen LogP contribution >= 0.6 is 27.3 Å². The Morgan fingerprint density at radius 3 is 2.72 bits per heavy atom. The maximum absolute atomic E-state index is 13.6. The normalized spacial score (nSPS) is 12.4. The Kier molecular flexibility index (Phi) is 4.37. The fraction of sp³-hybridized carbons (Fsp3) is 0.231. The number of benzene rings is 1. The van der Waals surface area contributed by atoms with Gasteiger partial charge in [0.05, 0.1) is 9.89 Å². The summed E-state index contributed by atoms with van der Waals surface area (Å²) in [5, 5.41) is 9.32. The molecule has 0 saturated carbocycles. The molecule has 1 atom stereocenters. The fourth-order valence-electron chi connectivity index (χ4n) is 1.52. The summed E-state index contributed by atoms with van der Waals surface area (Å²) in [6.45, 7) is 1.94. The molecule has 1 N–H and O–H groups in total. The van der Waals surface area contributed by atoms with Crippen molar-refractivity contribution in [1.82, 2.24) is 0 Å². The van der Waals surface area contributed by atoms with Crippen molar-refractivity contribution in [1.29, 1.82) is 0 Å². The molecule has 0 radical (unpaired) electrons. The highest BCUT2D eigenvalue weighted by Crippen LogP contribution is 2.25. The molecular weight excluding hydrogens is 319 g/mol. The van der Waals surface area contributed by atoms with E-state index in [1.165, 1.54) is 13.0 Å². The van der Waals surface area contributed by atoms with E-state index >= 15 is 0 Å². The van der Waals surface area contributed by atoms with Crippen molar-refractivity contribution in [3.8, 4) is 5.75 Å². The molecule has 5 heteroatoms. The second-order valence-corrected chi connectivity index (χ2v) is 6.40. The molecule has 0 unspecified atom stereocenters. The summed E-state index contributed by atoms with van der Waals surface area (Å²) in [5.41, 5.74) is 0.279. The molecule has 2 aromatic rings. The van der Waals surface area contributed by atoms with Crippen LogP contribution in [0.25, 0.3) is 0 Å². The van der Waals surface area contributed by atoms with E-state index in [4.69, 9.17) is 4.74 Å². The minimum absolute atomic E-state index is 0.279.